The number of piperazine rings is 1. The van der Waals surface area contributed by atoms with E-state index in [-0.39, 0.29) is 11.7 Å². The topological polar surface area (TPSA) is 65.9 Å². The van der Waals surface area contributed by atoms with Crippen molar-refractivity contribution in [2.24, 2.45) is 0 Å². The predicted molar refractivity (Wildman–Crippen MR) is 120 cm³/mol. The molecule has 7 heteroatoms. The van der Waals surface area contributed by atoms with Gasteiger partial charge in [-0.25, -0.2) is 4.98 Å². The summed E-state index contributed by atoms with van der Waals surface area (Å²) >= 11 is 1.44. The molecule has 0 unspecified atom stereocenters. The largest absolute Gasteiger partial charge is 0.506 e. The van der Waals surface area contributed by atoms with Gasteiger partial charge in [0.05, 0.1) is 18.0 Å². The van der Waals surface area contributed by atoms with Crippen LogP contribution in [0.4, 0.5) is 5.69 Å². The molecular weight excluding hydrogens is 398 g/mol. The first-order valence-corrected chi connectivity index (χ1v) is 10.9. The van der Waals surface area contributed by atoms with Gasteiger partial charge in [-0.15, -0.1) is 11.3 Å². The highest BCUT2D eigenvalue weighted by Gasteiger charge is 2.26. The highest BCUT2D eigenvalue weighted by atomic mass is 32.1. The molecule has 0 spiro atoms. The van der Waals surface area contributed by atoms with Crippen molar-refractivity contribution in [2.45, 2.75) is 13.8 Å². The molecule has 1 aliphatic heterocycles. The van der Waals surface area contributed by atoms with Gasteiger partial charge in [0.1, 0.15) is 21.4 Å². The van der Waals surface area contributed by atoms with Crippen LogP contribution in [0, 0.1) is 6.92 Å². The number of phenols is 1. The summed E-state index contributed by atoms with van der Waals surface area (Å²) in [5, 5.41) is 10.9. The molecular formula is C23H25N3O3S. The van der Waals surface area contributed by atoms with Crippen molar-refractivity contribution in [1.82, 2.24) is 9.88 Å². The number of phenolic OH excluding ortho intramolecular Hbond substituents is 1. The number of aromatic hydroxyl groups is 1. The Morgan fingerprint density at radius 2 is 1.80 bits per heavy atom. The lowest BCUT2D eigenvalue weighted by atomic mass is 10.2. The number of ether oxygens (including phenoxy) is 1. The van der Waals surface area contributed by atoms with Crippen LogP contribution in [-0.4, -0.2) is 53.7 Å². The second-order valence-corrected chi connectivity index (χ2v) is 8.16. The Labute approximate surface area is 180 Å². The van der Waals surface area contributed by atoms with Crippen LogP contribution in [0.1, 0.15) is 22.3 Å². The fraction of sp³-hybridized carbons (Fsp3) is 0.304. The van der Waals surface area contributed by atoms with Gasteiger partial charge in [-0.05, 0) is 50.2 Å². The molecule has 6 nitrogen and oxygen atoms in total. The molecule has 3 aromatic rings. The Morgan fingerprint density at radius 1 is 1.10 bits per heavy atom. The lowest BCUT2D eigenvalue weighted by Gasteiger charge is -2.36. The van der Waals surface area contributed by atoms with Crippen molar-refractivity contribution in [1.29, 1.82) is 0 Å². The van der Waals surface area contributed by atoms with E-state index in [0.717, 1.165) is 27.7 Å². The maximum absolute atomic E-state index is 13.1. The minimum Gasteiger partial charge on any atom is -0.506 e. The van der Waals surface area contributed by atoms with E-state index >= 15 is 0 Å². The standard InChI is InChI=1S/C23H25N3O3S/c1-3-29-18-10-8-17(9-11-18)22-24-16(2)21(30-22)23(28)26-14-12-25(13-15-26)19-6-4-5-7-20(19)27/h4-11,27H,3,12-15H2,1-2H3. The van der Waals surface area contributed by atoms with Gasteiger partial charge in [0, 0.05) is 31.7 Å². The third-order valence-corrected chi connectivity index (χ3v) is 6.39. The number of aryl methyl sites for hydroxylation is 1. The lowest BCUT2D eigenvalue weighted by molar-refractivity contribution is 0.0750. The van der Waals surface area contributed by atoms with E-state index < -0.39 is 0 Å². The Balaban J connectivity index is 1.45. The Hall–Kier alpha value is -3.06. The Kier molecular flexibility index (Phi) is 5.90. The van der Waals surface area contributed by atoms with Crippen molar-refractivity contribution in [3.63, 3.8) is 0 Å². The summed E-state index contributed by atoms with van der Waals surface area (Å²) in [6.07, 6.45) is 0. The van der Waals surface area contributed by atoms with Gasteiger partial charge in [0.2, 0.25) is 0 Å². The quantitative estimate of drug-likeness (QED) is 0.667. The van der Waals surface area contributed by atoms with E-state index in [2.05, 4.69) is 9.88 Å². The number of amides is 1. The van der Waals surface area contributed by atoms with Crippen LogP contribution in [0.5, 0.6) is 11.5 Å². The van der Waals surface area contributed by atoms with E-state index in [1.54, 1.807) is 6.07 Å². The van der Waals surface area contributed by atoms with Gasteiger partial charge in [-0.2, -0.15) is 0 Å². The summed E-state index contributed by atoms with van der Waals surface area (Å²) in [7, 11) is 0. The predicted octanol–water partition coefficient (Wildman–Crippen LogP) is 4.19. The zero-order chi connectivity index (χ0) is 21.1. The van der Waals surface area contributed by atoms with E-state index in [1.165, 1.54) is 11.3 Å². The maximum atomic E-state index is 13.1. The van der Waals surface area contributed by atoms with Crippen molar-refractivity contribution >= 4 is 22.9 Å². The van der Waals surface area contributed by atoms with Crippen LogP contribution in [0.2, 0.25) is 0 Å². The number of rotatable bonds is 5. The number of carbonyl (C=O) groups is 1. The summed E-state index contributed by atoms with van der Waals surface area (Å²) < 4.78 is 5.49. The average molecular weight is 424 g/mol. The van der Waals surface area contributed by atoms with Crippen molar-refractivity contribution in [3.8, 4) is 22.1 Å². The highest BCUT2D eigenvalue weighted by molar-refractivity contribution is 7.17. The molecule has 1 fully saturated rings. The van der Waals surface area contributed by atoms with Crippen molar-refractivity contribution in [3.05, 3.63) is 59.1 Å². The number of anilines is 1. The Bertz CT molecular complexity index is 1020. The van der Waals surface area contributed by atoms with Gasteiger partial charge in [0.15, 0.2) is 0 Å². The molecule has 4 rings (SSSR count). The third-order valence-electron chi connectivity index (χ3n) is 5.19. The van der Waals surface area contributed by atoms with Crippen molar-refractivity contribution < 1.29 is 14.6 Å². The number of hydrogen-bond donors (Lipinski definition) is 1. The second kappa shape index (κ2) is 8.75. The van der Waals surface area contributed by atoms with E-state index in [9.17, 15) is 9.90 Å². The number of aromatic nitrogens is 1. The zero-order valence-corrected chi connectivity index (χ0v) is 18.0. The minimum absolute atomic E-state index is 0.0270. The van der Waals surface area contributed by atoms with Crippen LogP contribution >= 0.6 is 11.3 Å². The van der Waals surface area contributed by atoms with Gasteiger partial charge in [-0.3, -0.25) is 4.79 Å². The lowest BCUT2D eigenvalue weighted by Crippen LogP contribution is -2.48. The number of para-hydroxylation sites is 2. The second-order valence-electron chi connectivity index (χ2n) is 7.16. The first-order valence-electron chi connectivity index (χ1n) is 10.1. The third kappa shape index (κ3) is 4.11. The van der Waals surface area contributed by atoms with Crippen molar-refractivity contribution in [2.75, 3.05) is 37.7 Å². The molecule has 1 saturated heterocycles. The first kappa shape index (κ1) is 20.2. The molecule has 0 saturated carbocycles. The number of thiazole rings is 1. The summed E-state index contributed by atoms with van der Waals surface area (Å²) in [5.74, 6) is 1.13. The molecule has 1 aliphatic rings. The van der Waals surface area contributed by atoms with Crippen LogP contribution in [0.15, 0.2) is 48.5 Å². The molecule has 30 heavy (non-hydrogen) atoms. The molecule has 0 bridgehead atoms. The van der Waals surface area contributed by atoms with E-state index in [4.69, 9.17) is 4.74 Å². The van der Waals surface area contributed by atoms with Crippen LogP contribution < -0.4 is 9.64 Å². The summed E-state index contributed by atoms with van der Waals surface area (Å²) in [6, 6.07) is 15.1. The molecule has 156 valence electrons. The SMILES string of the molecule is CCOc1ccc(-c2nc(C)c(C(=O)N3CCN(c4ccccc4O)CC3)s2)cc1. The minimum atomic E-state index is 0.0270. The van der Waals surface area contributed by atoms with Crippen LogP contribution in [0.3, 0.4) is 0 Å². The molecule has 1 amide bonds. The maximum Gasteiger partial charge on any atom is 0.265 e. The highest BCUT2D eigenvalue weighted by Crippen LogP contribution is 2.31. The smallest absolute Gasteiger partial charge is 0.265 e. The molecule has 2 heterocycles. The van der Waals surface area contributed by atoms with Gasteiger partial charge in [-0.1, -0.05) is 12.1 Å². The van der Waals surface area contributed by atoms with Gasteiger partial charge >= 0.3 is 0 Å². The molecule has 2 aromatic carbocycles. The van der Waals surface area contributed by atoms with Gasteiger partial charge in [0.25, 0.3) is 5.91 Å². The normalized spacial score (nSPS) is 14.1. The fourth-order valence-corrected chi connectivity index (χ4v) is 4.64. The molecule has 1 aromatic heterocycles. The first-order chi connectivity index (χ1) is 14.6. The number of hydrogen-bond acceptors (Lipinski definition) is 6. The monoisotopic (exact) mass is 423 g/mol. The Morgan fingerprint density at radius 3 is 2.47 bits per heavy atom. The van der Waals surface area contributed by atoms with Crippen LogP contribution in [-0.2, 0) is 0 Å². The molecule has 1 N–H and O–H groups in total. The van der Waals surface area contributed by atoms with Gasteiger partial charge < -0.3 is 19.6 Å². The number of nitrogens with zero attached hydrogens (tertiary/aromatic N) is 3. The van der Waals surface area contributed by atoms with E-state index in [0.29, 0.717) is 37.7 Å². The molecule has 0 radical (unpaired) electrons. The van der Waals surface area contributed by atoms with E-state index in [1.807, 2.05) is 61.2 Å². The summed E-state index contributed by atoms with van der Waals surface area (Å²) in [5.41, 5.74) is 2.56. The molecule has 0 atom stereocenters. The average Bonchev–Trinajstić information content (AvgIpc) is 3.16. The number of benzene rings is 2. The fourth-order valence-electron chi connectivity index (χ4n) is 3.60. The number of carbonyl (C=O) groups excluding carboxylic acids is 1. The summed E-state index contributed by atoms with van der Waals surface area (Å²) in [4.78, 5) is 22.4. The summed E-state index contributed by atoms with van der Waals surface area (Å²) in [6.45, 7) is 7.08. The van der Waals surface area contributed by atoms with Crippen LogP contribution in [0.25, 0.3) is 10.6 Å². The molecule has 0 aliphatic carbocycles. The zero-order valence-electron chi connectivity index (χ0n) is 17.2.